The topological polar surface area (TPSA) is 84.1 Å². The van der Waals surface area contributed by atoms with E-state index in [0.29, 0.717) is 17.1 Å². The Morgan fingerprint density at radius 2 is 1.87 bits per heavy atom. The number of anilines is 3. The number of aromatic nitrogens is 2. The molecule has 3 rings (SSSR count). The number of nitrogens with one attached hydrogen (secondary N) is 1. The number of rotatable bonds is 3. The number of carbonyl (C=O) groups is 1. The molecule has 3 N–H and O–H groups in total. The summed E-state index contributed by atoms with van der Waals surface area (Å²) in [5, 5.41) is 2.83. The van der Waals surface area contributed by atoms with Gasteiger partial charge in [0.25, 0.3) is 5.91 Å². The minimum Gasteiger partial charge on any atom is -0.384 e. The lowest BCUT2D eigenvalue weighted by Crippen LogP contribution is -2.24. The van der Waals surface area contributed by atoms with Crippen LogP contribution in [-0.2, 0) is 0 Å². The standard InChI is InChI=1S/C15H17N5O.2ClH/c16-13-6-5-11(10-18-13)19-15(21)12-4-3-7-17-14(12)20-8-1-2-9-20;;/h3-7,10H,1-2,8-9H2,(H2,16,18)(H,19,21);2*1H. The number of halogens is 2. The molecule has 2 aromatic heterocycles. The first-order valence-electron chi connectivity index (χ1n) is 6.97. The summed E-state index contributed by atoms with van der Waals surface area (Å²) >= 11 is 0. The Hall–Kier alpha value is -2.05. The van der Waals surface area contributed by atoms with Crippen molar-refractivity contribution in [1.82, 2.24) is 9.97 Å². The second-order valence-corrected chi connectivity index (χ2v) is 4.99. The molecule has 6 nitrogen and oxygen atoms in total. The number of nitrogens with two attached hydrogens (primary N) is 1. The number of hydrogen-bond donors (Lipinski definition) is 2. The predicted molar refractivity (Wildman–Crippen MR) is 96.8 cm³/mol. The summed E-state index contributed by atoms with van der Waals surface area (Å²) in [4.78, 5) is 22.9. The van der Waals surface area contributed by atoms with Crippen LogP contribution < -0.4 is 16.0 Å². The van der Waals surface area contributed by atoms with Crippen LogP contribution in [0.2, 0.25) is 0 Å². The SMILES string of the molecule is Cl.Cl.Nc1ccc(NC(=O)c2cccnc2N2CCCC2)cn1. The van der Waals surface area contributed by atoms with Crippen molar-refractivity contribution >= 4 is 48.0 Å². The van der Waals surface area contributed by atoms with Gasteiger partial charge in [-0.3, -0.25) is 4.79 Å². The average Bonchev–Trinajstić information content (AvgIpc) is 3.04. The molecule has 2 aromatic rings. The second kappa shape index (κ2) is 8.55. The Kier molecular flexibility index (Phi) is 7.06. The zero-order valence-corrected chi connectivity index (χ0v) is 14.1. The highest BCUT2D eigenvalue weighted by Crippen LogP contribution is 2.22. The van der Waals surface area contributed by atoms with Crippen LogP contribution in [0.4, 0.5) is 17.3 Å². The zero-order chi connectivity index (χ0) is 14.7. The maximum absolute atomic E-state index is 12.4. The summed E-state index contributed by atoms with van der Waals surface area (Å²) in [7, 11) is 0. The smallest absolute Gasteiger partial charge is 0.259 e. The van der Waals surface area contributed by atoms with Gasteiger partial charge < -0.3 is 16.0 Å². The molecule has 0 unspecified atom stereocenters. The first kappa shape index (κ1) is 19.0. The van der Waals surface area contributed by atoms with Gasteiger partial charge in [-0.1, -0.05) is 0 Å². The fourth-order valence-corrected chi connectivity index (χ4v) is 2.43. The van der Waals surface area contributed by atoms with Gasteiger partial charge in [0, 0.05) is 19.3 Å². The van der Waals surface area contributed by atoms with E-state index in [1.54, 1.807) is 36.7 Å². The first-order chi connectivity index (χ1) is 10.2. The van der Waals surface area contributed by atoms with E-state index in [2.05, 4.69) is 20.2 Å². The first-order valence-corrected chi connectivity index (χ1v) is 6.97. The maximum Gasteiger partial charge on any atom is 0.259 e. The molecular formula is C15H19Cl2N5O. The molecule has 0 spiro atoms. The van der Waals surface area contributed by atoms with Crippen molar-refractivity contribution in [1.29, 1.82) is 0 Å². The van der Waals surface area contributed by atoms with Crippen molar-refractivity contribution in [3.63, 3.8) is 0 Å². The monoisotopic (exact) mass is 355 g/mol. The Bertz CT molecular complexity index is 645. The molecule has 0 aromatic carbocycles. The minimum atomic E-state index is -0.184. The third-order valence-corrected chi connectivity index (χ3v) is 3.48. The van der Waals surface area contributed by atoms with Crippen LogP contribution in [0.15, 0.2) is 36.7 Å². The lowest BCUT2D eigenvalue weighted by molar-refractivity contribution is 0.102. The van der Waals surface area contributed by atoms with Crippen LogP contribution in [0.5, 0.6) is 0 Å². The lowest BCUT2D eigenvalue weighted by Gasteiger charge is -2.19. The molecule has 1 fully saturated rings. The molecule has 0 bridgehead atoms. The van der Waals surface area contributed by atoms with Crippen LogP contribution >= 0.6 is 24.8 Å². The predicted octanol–water partition coefficient (Wildman–Crippen LogP) is 2.75. The zero-order valence-electron chi connectivity index (χ0n) is 12.4. The van der Waals surface area contributed by atoms with Crippen LogP contribution in [0, 0.1) is 0 Å². The number of pyridine rings is 2. The molecule has 124 valence electrons. The molecule has 0 aliphatic carbocycles. The molecular weight excluding hydrogens is 337 g/mol. The van der Waals surface area contributed by atoms with Crippen LogP contribution in [0.1, 0.15) is 23.2 Å². The number of carbonyl (C=O) groups excluding carboxylic acids is 1. The van der Waals surface area contributed by atoms with Crippen molar-refractivity contribution in [2.75, 3.05) is 29.0 Å². The molecule has 1 aliphatic rings. The van der Waals surface area contributed by atoms with Gasteiger partial charge >= 0.3 is 0 Å². The second-order valence-electron chi connectivity index (χ2n) is 4.99. The third kappa shape index (κ3) is 4.46. The largest absolute Gasteiger partial charge is 0.384 e. The van der Waals surface area contributed by atoms with E-state index < -0.39 is 0 Å². The molecule has 8 heteroatoms. The molecule has 0 radical (unpaired) electrons. The highest BCUT2D eigenvalue weighted by molar-refractivity contribution is 6.07. The van der Waals surface area contributed by atoms with Crippen molar-refractivity contribution in [2.24, 2.45) is 0 Å². The number of hydrogen-bond acceptors (Lipinski definition) is 5. The van der Waals surface area contributed by atoms with E-state index in [1.807, 2.05) is 0 Å². The third-order valence-electron chi connectivity index (χ3n) is 3.48. The van der Waals surface area contributed by atoms with Crippen molar-refractivity contribution in [3.8, 4) is 0 Å². The molecule has 1 amide bonds. The van der Waals surface area contributed by atoms with E-state index in [0.717, 1.165) is 31.7 Å². The average molecular weight is 356 g/mol. The molecule has 0 atom stereocenters. The van der Waals surface area contributed by atoms with Gasteiger partial charge in [-0.2, -0.15) is 0 Å². The summed E-state index contributed by atoms with van der Waals surface area (Å²) in [6, 6.07) is 6.95. The minimum absolute atomic E-state index is 0. The fraction of sp³-hybridized carbons (Fsp3) is 0.267. The van der Waals surface area contributed by atoms with Gasteiger partial charge in [0.2, 0.25) is 0 Å². The van der Waals surface area contributed by atoms with Gasteiger partial charge in [-0.15, -0.1) is 24.8 Å². The van der Waals surface area contributed by atoms with Crippen molar-refractivity contribution in [3.05, 3.63) is 42.2 Å². The summed E-state index contributed by atoms with van der Waals surface area (Å²) in [5.74, 6) is 0.986. The molecule has 1 saturated heterocycles. The quantitative estimate of drug-likeness (QED) is 0.884. The van der Waals surface area contributed by atoms with Crippen molar-refractivity contribution < 1.29 is 4.79 Å². The van der Waals surface area contributed by atoms with Crippen molar-refractivity contribution in [2.45, 2.75) is 12.8 Å². The molecule has 0 saturated carbocycles. The van der Waals surface area contributed by atoms with Crippen LogP contribution in [-0.4, -0.2) is 29.0 Å². The van der Waals surface area contributed by atoms with Gasteiger partial charge in [0.05, 0.1) is 17.4 Å². The van der Waals surface area contributed by atoms with Crippen LogP contribution in [0.25, 0.3) is 0 Å². The van der Waals surface area contributed by atoms with E-state index in [1.165, 1.54) is 0 Å². The lowest BCUT2D eigenvalue weighted by atomic mass is 10.2. The highest BCUT2D eigenvalue weighted by Gasteiger charge is 2.20. The van der Waals surface area contributed by atoms with Gasteiger partial charge in [-0.25, -0.2) is 9.97 Å². The Morgan fingerprint density at radius 3 is 2.52 bits per heavy atom. The molecule has 3 heterocycles. The number of amides is 1. The number of nitrogen functional groups attached to an aromatic ring is 1. The Morgan fingerprint density at radius 1 is 1.13 bits per heavy atom. The molecule has 1 aliphatic heterocycles. The van der Waals surface area contributed by atoms with Gasteiger partial charge in [-0.05, 0) is 37.1 Å². The fourth-order valence-electron chi connectivity index (χ4n) is 2.43. The summed E-state index contributed by atoms with van der Waals surface area (Å²) in [5.41, 5.74) is 6.73. The molecule has 23 heavy (non-hydrogen) atoms. The number of nitrogens with zero attached hydrogens (tertiary/aromatic N) is 3. The van der Waals surface area contributed by atoms with Crippen LogP contribution in [0.3, 0.4) is 0 Å². The Balaban J connectivity index is 0.00000132. The summed E-state index contributed by atoms with van der Waals surface area (Å²) in [6.45, 7) is 1.89. The van der Waals surface area contributed by atoms with E-state index >= 15 is 0 Å². The van der Waals surface area contributed by atoms with E-state index in [9.17, 15) is 4.79 Å². The Labute approximate surface area is 147 Å². The normalized spacial score (nSPS) is 13.0. The maximum atomic E-state index is 12.4. The van der Waals surface area contributed by atoms with Gasteiger partial charge in [0.15, 0.2) is 0 Å². The van der Waals surface area contributed by atoms with Gasteiger partial charge in [0.1, 0.15) is 11.6 Å². The van der Waals surface area contributed by atoms with E-state index in [-0.39, 0.29) is 30.7 Å². The summed E-state index contributed by atoms with van der Waals surface area (Å²) < 4.78 is 0. The highest BCUT2D eigenvalue weighted by atomic mass is 35.5. The van der Waals surface area contributed by atoms with E-state index in [4.69, 9.17) is 5.73 Å². The summed E-state index contributed by atoms with van der Waals surface area (Å²) in [6.07, 6.45) is 5.54.